The minimum Gasteiger partial charge on any atom is -0.207 e. The normalized spacial score (nSPS) is 28.7. The van der Waals surface area contributed by atoms with Crippen LogP contribution in [0.1, 0.15) is 82.3 Å². The van der Waals surface area contributed by atoms with E-state index in [0.717, 1.165) is 36.7 Å². The molecule has 0 aromatic heterocycles. The Morgan fingerprint density at radius 3 is 2.00 bits per heavy atom. The second kappa shape index (κ2) is 10.8. The lowest BCUT2D eigenvalue weighted by Crippen LogP contribution is -2.25. The SMILES string of the molecule is CCCc1c(F)cc(CCC2CCC(C3CCC(C=CCl)CC3)CC2)cc1F. The van der Waals surface area contributed by atoms with Gasteiger partial charge in [0, 0.05) is 11.1 Å². The molecule has 0 nitrogen and oxygen atoms in total. The quantitative estimate of drug-likeness (QED) is 0.426. The van der Waals surface area contributed by atoms with Gasteiger partial charge in [-0.15, -0.1) is 0 Å². The third-order valence-corrected chi connectivity index (χ3v) is 7.41. The van der Waals surface area contributed by atoms with E-state index >= 15 is 0 Å². The highest BCUT2D eigenvalue weighted by molar-refractivity contribution is 6.25. The lowest BCUT2D eigenvalue weighted by atomic mass is 9.68. The van der Waals surface area contributed by atoms with Crippen LogP contribution in [0.3, 0.4) is 0 Å². The molecule has 156 valence electrons. The van der Waals surface area contributed by atoms with Crippen LogP contribution in [0.4, 0.5) is 8.78 Å². The Labute approximate surface area is 174 Å². The second-order valence-corrected chi connectivity index (χ2v) is 9.35. The summed E-state index contributed by atoms with van der Waals surface area (Å²) in [6, 6.07) is 3.13. The van der Waals surface area contributed by atoms with E-state index in [1.165, 1.54) is 51.4 Å². The maximum absolute atomic E-state index is 14.1. The van der Waals surface area contributed by atoms with Crippen LogP contribution in [0.2, 0.25) is 0 Å². The molecule has 0 heterocycles. The van der Waals surface area contributed by atoms with Gasteiger partial charge in [0.25, 0.3) is 0 Å². The van der Waals surface area contributed by atoms with E-state index in [0.29, 0.717) is 18.3 Å². The van der Waals surface area contributed by atoms with Crippen molar-refractivity contribution < 1.29 is 8.78 Å². The van der Waals surface area contributed by atoms with Crippen molar-refractivity contribution in [2.75, 3.05) is 0 Å². The van der Waals surface area contributed by atoms with Crippen molar-refractivity contribution in [1.82, 2.24) is 0 Å². The van der Waals surface area contributed by atoms with E-state index in [2.05, 4.69) is 6.08 Å². The number of hydrogen-bond donors (Lipinski definition) is 0. The first kappa shape index (κ1) is 21.8. The highest BCUT2D eigenvalue weighted by Gasteiger charge is 2.30. The average molecular weight is 409 g/mol. The van der Waals surface area contributed by atoms with Crippen LogP contribution < -0.4 is 0 Å². The third kappa shape index (κ3) is 5.81. The highest BCUT2D eigenvalue weighted by atomic mass is 35.5. The van der Waals surface area contributed by atoms with Gasteiger partial charge in [0.2, 0.25) is 0 Å². The van der Waals surface area contributed by atoms with Crippen molar-refractivity contribution in [2.24, 2.45) is 23.7 Å². The highest BCUT2D eigenvalue weighted by Crippen LogP contribution is 2.42. The molecular formula is C25H35ClF2. The van der Waals surface area contributed by atoms with Gasteiger partial charge in [-0.3, -0.25) is 0 Å². The van der Waals surface area contributed by atoms with Gasteiger partial charge in [-0.25, -0.2) is 8.78 Å². The van der Waals surface area contributed by atoms with Crippen LogP contribution in [-0.4, -0.2) is 0 Å². The molecule has 28 heavy (non-hydrogen) atoms. The van der Waals surface area contributed by atoms with Crippen molar-refractivity contribution in [1.29, 1.82) is 0 Å². The standard InChI is InChI=1S/C25H35ClF2/c1-2-3-23-24(27)16-20(17-25(23)28)5-4-18-6-10-21(11-7-18)22-12-8-19(9-13-22)14-15-26/h14-19,21-22H,2-13H2,1H3. The molecule has 2 fully saturated rings. The third-order valence-electron chi connectivity index (χ3n) is 7.26. The fraction of sp³-hybridized carbons (Fsp3) is 0.680. The molecule has 0 unspecified atom stereocenters. The van der Waals surface area contributed by atoms with E-state index in [1.54, 1.807) is 17.7 Å². The van der Waals surface area contributed by atoms with Crippen LogP contribution in [0, 0.1) is 35.3 Å². The summed E-state index contributed by atoms with van der Waals surface area (Å²) in [6.45, 7) is 1.95. The molecule has 0 amide bonds. The Morgan fingerprint density at radius 1 is 0.893 bits per heavy atom. The van der Waals surface area contributed by atoms with Gasteiger partial charge in [0.1, 0.15) is 11.6 Å². The number of hydrogen-bond acceptors (Lipinski definition) is 0. The van der Waals surface area contributed by atoms with Crippen molar-refractivity contribution in [3.05, 3.63) is 46.5 Å². The van der Waals surface area contributed by atoms with Crippen LogP contribution >= 0.6 is 11.6 Å². The second-order valence-electron chi connectivity index (χ2n) is 9.10. The molecule has 1 aromatic carbocycles. The van der Waals surface area contributed by atoms with E-state index < -0.39 is 0 Å². The zero-order chi connectivity index (χ0) is 19.9. The molecule has 2 saturated carbocycles. The summed E-state index contributed by atoms with van der Waals surface area (Å²) in [6.07, 6.45) is 15.8. The largest absolute Gasteiger partial charge is 0.207 e. The summed E-state index contributed by atoms with van der Waals surface area (Å²) in [5.74, 6) is 2.47. The molecule has 2 aliphatic rings. The molecule has 0 saturated heterocycles. The molecule has 1 aromatic rings. The Kier molecular flexibility index (Phi) is 8.38. The first-order chi connectivity index (χ1) is 13.6. The van der Waals surface area contributed by atoms with Crippen LogP contribution in [0.25, 0.3) is 0 Å². The van der Waals surface area contributed by atoms with E-state index in [4.69, 9.17) is 11.6 Å². The summed E-state index contributed by atoms with van der Waals surface area (Å²) in [4.78, 5) is 0. The Morgan fingerprint density at radius 2 is 1.46 bits per heavy atom. The first-order valence-corrected chi connectivity index (χ1v) is 11.8. The van der Waals surface area contributed by atoms with Gasteiger partial charge in [-0.2, -0.15) is 0 Å². The number of halogens is 3. The monoisotopic (exact) mass is 408 g/mol. The molecule has 2 aliphatic carbocycles. The molecule has 0 N–H and O–H groups in total. The summed E-state index contributed by atoms with van der Waals surface area (Å²) in [7, 11) is 0. The van der Waals surface area contributed by atoms with Gasteiger partial charge in [-0.05, 0) is 99.2 Å². The first-order valence-electron chi connectivity index (χ1n) is 11.3. The maximum atomic E-state index is 14.1. The number of aryl methyl sites for hydroxylation is 1. The molecule has 0 bridgehead atoms. The Hall–Kier alpha value is -0.890. The topological polar surface area (TPSA) is 0 Å². The van der Waals surface area contributed by atoms with Gasteiger partial charge >= 0.3 is 0 Å². The smallest absolute Gasteiger partial charge is 0.129 e. The summed E-state index contributed by atoms with van der Waals surface area (Å²) in [5.41, 5.74) is 2.76. The Balaban J connectivity index is 1.43. The summed E-state index contributed by atoms with van der Waals surface area (Å²) < 4.78 is 28.3. The van der Waals surface area contributed by atoms with E-state index in [1.807, 2.05) is 6.92 Å². The van der Waals surface area contributed by atoms with Crippen molar-refractivity contribution in [3.63, 3.8) is 0 Å². The minimum absolute atomic E-state index is 0.253. The van der Waals surface area contributed by atoms with E-state index in [-0.39, 0.29) is 17.2 Å². The molecule has 0 atom stereocenters. The fourth-order valence-corrected chi connectivity index (χ4v) is 5.73. The van der Waals surface area contributed by atoms with Crippen molar-refractivity contribution >= 4 is 11.6 Å². The van der Waals surface area contributed by atoms with Gasteiger partial charge in [0.15, 0.2) is 0 Å². The molecular weight excluding hydrogens is 374 g/mol. The predicted octanol–water partition coefficient (Wildman–Crippen LogP) is 8.22. The minimum atomic E-state index is -0.361. The Bertz CT molecular complexity index is 615. The van der Waals surface area contributed by atoms with Crippen LogP contribution in [-0.2, 0) is 12.8 Å². The van der Waals surface area contributed by atoms with Crippen LogP contribution in [0.5, 0.6) is 0 Å². The molecule has 3 heteroatoms. The van der Waals surface area contributed by atoms with Crippen LogP contribution in [0.15, 0.2) is 23.7 Å². The molecule has 0 spiro atoms. The lowest BCUT2D eigenvalue weighted by Gasteiger charge is -2.37. The predicted molar refractivity (Wildman–Crippen MR) is 115 cm³/mol. The maximum Gasteiger partial charge on any atom is 0.129 e. The summed E-state index contributed by atoms with van der Waals surface area (Å²) >= 11 is 5.73. The number of benzene rings is 1. The zero-order valence-electron chi connectivity index (χ0n) is 17.2. The van der Waals surface area contributed by atoms with E-state index in [9.17, 15) is 8.78 Å². The number of rotatable bonds is 7. The molecule has 3 rings (SSSR count). The van der Waals surface area contributed by atoms with Crippen molar-refractivity contribution in [3.8, 4) is 0 Å². The van der Waals surface area contributed by atoms with Gasteiger partial charge in [0.05, 0.1) is 0 Å². The lowest BCUT2D eigenvalue weighted by molar-refractivity contribution is 0.153. The summed E-state index contributed by atoms with van der Waals surface area (Å²) in [5, 5.41) is 0. The van der Waals surface area contributed by atoms with Gasteiger partial charge < -0.3 is 0 Å². The van der Waals surface area contributed by atoms with Crippen molar-refractivity contribution in [2.45, 2.75) is 84.0 Å². The zero-order valence-corrected chi connectivity index (χ0v) is 18.0. The van der Waals surface area contributed by atoms with Gasteiger partial charge in [-0.1, -0.05) is 43.9 Å². The average Bonchev–Trinajstić information content (AvgIpc) is 2.70. The molecule has 0 aliphatic heterocycles. The number of allylic oxidation sites excluding steroid dienone is 1. The molecule has 0 radical (unpaired) electrons. The fourth-order valence-electron chi connectivity index (χ4n) is 5.52.